The Bertz CT molecular complexity index is 1100. The normalized spacial score (nSPS) is 11.5. The Morgan fingerprint density at radius 1 is 0.969 bits per heavy atom. The third-order valence-electron chi connectivity index (χ3n) is 4.78. The summed E-state index contributed by atoms with van der Waals surface area (Å²) in [7, 11) is 1.54. The molecule has 0 spiro atoms. The van der Waals surface area contributed by atoms with Crippen LogP contribution >= 0.6 is 23.2 Å². The number of nitrogens with one attached hydrogen (secondary N) is 3. The maximum absolute atomic E-state index is 12.5. The Kier molecular flexibility index (Phi) is 8.11. The van der Waals surface area contributed by atoms with Crippen LogP contribution in [0.15, 0.2) is 66.7 Å². The summed E-state index contributed by atoms with van der Waals surface area (Å²) in [5.74, 6) is 0.0854. The van der Waals surface area contributed by atoms with E-state index < -0.39 is 0 Å². The lowest BCUT2D eigenvalue weighted by molar-refractivity contribution is -0.115. The van der Waals surface area contributed by atoms with Crippen molar-refractivity contribution in [1.82, 2.24) is 5.32 Å². The predicted octanol–water partition coefficient (Wildman–Crippen LogP) is 5.54. The second kappa shape index (κ2) is 11.0. The van der Waals surface area contributed by atoms with Crippen LogP contribution in [0.3, 0.4) is 0 Å². The molecule has 0 fully saturated rings. The first kappa shape index (κ1) is 23.6. The van der Waals surface area contributed by atoms with Gasteiger partial charge in [0.05, 0.1) is 19.3 Å². The van der Waals surface area contributed by atoms with Crippen molar-refractivity contribution in [3.8, 4) is 5.75 Å². The minimum absolute atomic E-state index is 0.0934. The van der Waals surface area contributed by atoms with Gasteiger partial charge in [-0.25, -0.2) is 0 Å². The van der Waals surface area contributed by atoms with E-state index in [9.17, 15) is 9.59 Å². The molecule has 0 aliphatic rings. The average Bonchev–Trinajstić information content (AvgIpc) is 2.78. The van der Waals surface area contributed by atoms with E-state index in [-0.39, 0.29) is 24.4 Å². The zero-order valence-electron chi connectivity index (χ0n) is 17.6. The number of para-hydroxylation sites is 2. The van der Waals surface area contributed by atoms with Crippen molar-refractivity contribution < 1.29 is 14.3 Å². The van der Waals surface area contributed by atoms with Gasteiger partial charge in [0.1, 0.15) is 5.75 Å². The highest BCUT2D eigenvalue weighted by atomic mass is 35.5. The largest absolute Gasteiger partial charge is 0.495 e. The fourth-order valence-electron chi connectivity index (χ4n) is 3.06. The fraction of sp³-hybridized carbons (Fsp3) is 0.167. The summed E-state index contributed by atoms with van der Waals surface area (Å²) in [5, 5.41) is 9.85. The molecule has 0 unspecified atom stereocenters. The number of hydrogen-bond donors (Lipinski definition) is 3. The van der Waals surface area contributed by atoms with Crippen LogP contribution in [0.25, 0.3) is 0 Å². The second-order valence-corrected chi connectivity index (χ2v) is 7.89. The Morgan fingerprint density at radius 2 is 1.69 bits per heavy atom. The minimum Gasteiger partial charge on any atom is -0.495 e. The molecule has 0 aliphatic carbocycles. The van der Waals surface area contributed by atoms with Gasteiger partial charge >= 0.3 is 0 Å². The standard InChI is InChI=1S/C24H23Cl2N3O3/c1-15(19-12-9-17(25)13-20(19)26)27-14-23(30)28-18-10-7-16(8-11-18)24(31)29-21-5-3-4-6-22(21)32-2/h3-13,15,27H,14H2,1-2H3,(H,28,30)(H,29,31)/t15-/m1/s1. The molecule has 0 aliphatic heterocycles. The first-order valence-electron chi connectivity index (χ1n) is 9.90. The highest BCUT2D eigenvalue weighted by Crippen LogP contribution is 2.26. The van der Waals surface area contributed by atoms with E-state index in [1.165, 1.54) is 0 Å². The number of hydrogen-bond acceptors (Lipinski definition) is 4. The number of carbonyl (C=O) groups is 2. The van der Waals surface area contributed by atoms with Crippen molar-refractivity contribution in [2.45, 2.75) is 13.0 Å². The van der Waals surface area contributed by atoms with Gasteiger partial charge in [0, 0.05) is 27.3 Å². The lowest BCUT2D eigenvalue weighted by Crippen LogP contribution is -2.30. The minimum atomic E-state index is -0.275. The van der Waals surface area contributed by atoms with Gasteiger partial charge in [-0.1, -0.05) is 41.4 Å². The van der Waals surface area contributed by atoms with Crippen molar-refractivity contribution in [3.05, 3.63) is 87.9 Å². The van der Waals surface area contributed by atoms with Crippen LogP contribution in [0.2, 0.25) is 10.0 Å². The summed E-state index contributed by atoms with van der Waals surface area (Å²) in [5.41, 5.74) is 2.48. The molecule has 0 heterocycles. The fourth-order valence-corrected chi connectivity index (χ4v) is 3.63. The molecule has 3 rings (SSSR count). The van der Waals surface area contributed by atoms with Crippen molar-refractivity contribution in [1.29, 1.82) is 0 Å². The van der Waals surface area contributed by atoms with Gasteiger partial charge in [0.2, 0.25) is 5.91 Å². The van der Waals surface area contributed by atoms with E-state index in [0.717, 1.165) is 5.56 Å². The van der Waals surface area contributed by atoms with Crippen LogP contribution in [-0.2, 0) is 4.79 Å². The molecule has 32 heavy (non-hydrogen) atoms. The molecule has 6 nitrogen and oxygen atoms in total. The number of carbonyl (C=O) groups excluding carboxylic acids is 2. The molecule has 166 valence electrons. The lowest BCUT2D eigenvalue weighted by atomic mass is 10.1. The van der Waals surface area contributed by atoms with Gasteiger partial charge in [-0.15, -0.1) is 0 Å². The van der Waals surface area contributed by atoms with Crippen LogP contribution < -0.4 is 20.7 Å². The summed E-state index contributed by atoms with van der Waals surface area (Å²) >= 11 is 12.1. The number of amides is 2. The Balaban J connectivity index is 1.53. The summed E-state index contributed by atoms with van der Waals surface area (Å²) in [6.07, 6.45) is 0. The number of benzene rings is 3. The van der Waals surface area contributed by atoms with Gasteiger partial charge in [-0.05, 0) is 61.0 Å². The van der Waals surface area contributed by atoms with Crippen LogP contribution in [-0.4, -0.2) is 25.5 Å². The van der Waals surface area contributed by atoms with Crippen LogP contribution in [0.1, 0.15) is 28.9 Å². The highest BCUT2D eigenvalue weighted by molar-refractivity contribution is 6.35. The maximum atomic E-state index is 12.5. The van der Waals surface area contributed by atoms with Crippen LogP contribution in [0, 0.1) is 0 Å². The molecule has 3 aromatic rings. The lowest BCUT2D eigenvalue weighted by Gasteiger charge is -2.16. The molecule has 8 heteroatoms. The van der Waals surface area contributed by atoms with Crippen molar-refractivity contribution in [2.24, 2.45) is 0 Å². The summed E-state index contributed by atoms with van der Waals surface area (Å²) in [6.45, 7) is 2.01. The third-order valence-corrected chi connectivity index (χ3v) is 5.35. The van der Waals surface area contributed by atoms with Crippen molar-refractivity contribution in [3.63, 3.8) is 0 Å². The summed E-state index contributed by atoms with van der Waals surface area (Å²) < 4.78 is 5.24. The smallest absolute Gasteiger partial charge is 0.255 e. The monoisotopic (exact) mass is 471 g/mol. The molecule has 2 amide bonds. The first-order chi connectivity index (χ1) is 15.4. The van der Waals surface area contributed by atoms with E-state index in [4.69, 9.17) is 27.9 Å². The SMILES string of the molecule is COc1ccccc1NC(=O)c1ccc(NC(=O)CN[C@H](C)c2ccc(Cl)cc2Cl)cc1. The predicted molar refractivity (Wildman–Crippen MR) is 129 cm³/mol. The molecule has 0 saturated heterocycles. The van der Waals surface area contributed by atoms with E-state index in [2.05, 4.69) is 16.0 Å². The van der Waals surface area contributed by atoms with E-state index in [1.54, 1.807) is 55.6 Å². The number of methoxy groups -OCH3 is 1. The molecule has 0 aromatic heterocycles. The number of rotatable bonds is 8. The highest BCUT2D eigenvalue weighted by Gasteiger charge is 2.13. The number of halogens is 2. The first-order valence-corrected chi connectivity index (χ1v) is 10.7. The van der Waals surface area contributed by atoms with Crippen molar-refractivity contribution in [2.75, 3.05) is 24.3 Å². The molecule has 1 atom stereocenters. The molecule has 0 bridgehead atoms. The van der Waals surface area contributed by atoms with Gasteiger partial charge in [0.15, 0.2) is 0 Å². The average molecular weight is 472 g/mol. The third kappa shape index (κ3) is 6.23. The van der Waals surface area contributed by atoms with Crippen LogP contribution in [0.5, 0.6) is 5.75 Å². The number of ether oxygens (including phenoxy) is 1. The van der Waals surface area contributed by atoms with E-state index in [0.29, 0.717) is 32.7 Å². The van der Waals surface area contributed by atoms with Gasteiger partial charge in [0.25, 0.3) is 5.91 Å². The Morgan fingerprint density at radius 3 is 2.38 bits per heavy atom. The van der Waals surface area contributed by atoms with E-state index >= 15 is 0 Å². The Hall–Kier alpha value is -3.06. The Labute approximate surface area is 196 Å². The van der Waals surface area contributed by atoms with Gasteiger partial charge in [-0.2, -0.15) is 0 Å². The molecular weight excluding hydrogens is 449 g/mol. The van der Waals surface area contributed by atoms with Gasteiger partial charge < -0.3 is 20.7 Å². The van der Waals surface area contributed by atoms with Gasteiger partial charge in [-0.3, -0.25) is 9.59 Å². The molecular formula is C24H23Cl2N3O3. The summed E-state index contributed by atoms with van der Waals surface area (Å²) in [6, 6.07) is 18.9. The van der Waals surface area contributed by atoms with E-state index in [1.807, 2.05) is 25.1 Å². The maximum Gasteiger partial charge on any atom is 0.255 e. The molecule has 0 saturated carbocycles. The molecule has 3 aromatic carbocycles. The zero-order valence-corrected chi connectivity index (χ0v) is 19.1. The van der Waals surface area contributed by atoms with Crippen LogP contribution in [0.4, 0.5) is 11.4 Å². The molecule has 3 N–H and O–H groups in total. The second-order valence-electron chi connectivity index (χ2n) is 7.05. The topological polar surface area (TPSA) is 79.5 Å². The van der Waals surface area contributed by atoms with Crippen molar-refractivity contribution >= 4 is 46.4 Å². The summed E-state index contributed by atoms with van der Waals surface area (Å²) in [4.78, 5) is 24.8. The quantitative estimate of drug-likeness (QED) is 0.402. The zero-order chi connectivity index (χ0) is 23.1. The number of anilines is 2. The molecule has 0 radical (unpaired) electrons.